The number of halogens is 1. The minimum atomic E-state index is -0.681. The van der Waals surface area contributed by atoms with Gasteiger partial charge in [0.05, 0.1) is 5.41 Å². The van der Waals surface area contributed by atoms with Crippen molar-refractivity contribution in [1.82, 2.24) is 0 Å². The predicted molar refractivity (Wildman–Crippen MR) is 79.2 cm³/mol. The third-order valence-corrected chi connectivity index (χ3v) is 3.42. The van der Waals surface area contributed by atoms with Crippen molar-refractivity contribution in [2.75, 3.05) is 5.32 Å². The third-order valence-electron chi connectivity index (χ3n) is 3.42. The third kappa shape index (κ3) is 3.05. The predicted octanol–water partition coefficient (Wildman–Crippen LogP) is 4.05. The second-order valence-electron chi connectivity index (χ2n) is 5.46. The smallest absolute Gasteiger partial charge is 0.234 e. The van der Waals surface area contributed by atoms with E-state index in [1.807, 2.05) is 45.0 Å². The normalized spacial score (nSPS) is 11.2. The summed E-state index contributed by atoms with van der Waals surface area (Å²) in [6.45, 7) is 5.71. The first-order chi connectivity index (χ1) is 9.39. The molecule has 2 aromatic carbocycles. The van der Waals surface area contributed by atoms with Gasteiger partial charge >= 0.3 is 0 Å². The Morgan fingerprint density at radius 1 is 1.10 bits per heavy atom. The second-order valence-corrected chi connectivity index (χ2v) is 5.46. The summed E-state index contributed by atoms with van der Waals surface area (Å²) >= 11 is 0. The number of rotatable bonds is 3. The van der Waals surface area contributed by atoms with E-state index in [4.69, 9.17) is 0 Å². The van der Waals surface area contributed by atoms with E-state index in [-0.39, 0.29) is 11.7 Å². The summed E-state index contributed by atoms with van der Waals surface area (Å²) in [6, 6.07) is 13.7. The zero-order valence-electron chi connectivity index (χ0n) is 11.9. The molecular formula is C17H18FNO. The summed E-state index contributed by atoms with van der Waals surface area (Å²) in [6.07, 6.45) is 0. The molecule has 1 amide bonds. The second kappa shape index (κ2) is 5.45. The number of aryl methyl sites for hydroxylation is 1. The first-order valence-corrected chi connectivity index (χ1v) is 6.54. The Balaban J connectivity index is 2.21. The first-order valence-electron chi connectivity index (χ1n) is 6.54. The quantitative estimate of drug-likeness (QED) is 0.896. The number of hydrogen-bond donors (Lipinski definition) is 1. The van der Waals surface area contributed by atoms with Gasteiger partial charge in [0.2, 0.25) is 5.91 Å². The zero-order chi connectivity index (χ0) is 14.8. The molecule has 0 aliphatic rings. The highest BCUT2D eigenvalue weighted by Gasteiger charge is 2.29. The van der Waals surface area contributed by atoms with Crippen LogP contribution in [0, 0.1) is 12.7 Å². The molecular weight excluding hydrogens is 253 g/mol. The van der Waals surface area contributed by atoms with Crippen LogP contribution < -0.4 is 5.32 Å². The molecule has 0 heterocycles. The first kappa shape index (κ1) is 14.3. The van der Waals surface area contributed by atoms with Crippen LogP contribution in [-0.2, 0) is 10.2 Å². The van der Waals surface area contributed by atoms with Gasteiger partial charge in [0.1, 0.15) is 5.82 Å². The fourth-order valence-electron chi connectivity index (χ4n) is 1.95. The Morgan fingerprint density at radius 2 is 1.75 bits per heavy atom. The lowest BCUT2D eigenvalue weighted by atomic mass is 9.83. The van der Waals surface area contributed by atoms with Crippen molar-refractivity contribution in [3.05, 3.63) is 65.5 Å². The van der Waals surface area contributed by atoms with Gasteiger partial charge < -0.3 is 5.32 Å². The van der Waals surface area contributed by atoms with Crippen molar-refractivity contribution < 1.29 is 9.18 Å². The van der Waals surface area contributed by atoms with Gasteiger partial charge in [0.25, 0.3) is 0 Å². The summed E-state index contributed by atoms with van der Waals surface area (Å²) < 4.78 is 13.1. The molecule has 0 fully saturated rings. The van der Waals surface area contributed by atoms with Crippen LogP contribution >= 0.6 is 0 Å². The van der Waals surface area contributed by atoms with E-state index < -0.39 is 5.41 Å². The van der Waals surface area contributed by atoms with Crippen LogP contribution in [0.5, 0.6) is 0 Å². The van der Waals surface area contributed by atoms with Crippen molar-refractivity contribution in [3.63, 3.8) is 0 Å². The average molecular weight is 271 g/mol. The molecule has 0 aliphatic carbocycles. The zero-order valence-corrected chi connectivity index (χ0v) is 11.9. The average Bonchev–Trinajstić information content (AvgIpc) is 2.39. The summed E-state index contributed by atoms with van der Waals surface area (Å²) in [5.41, 5.74) is 1.86. The summed E-state index contributed by atoms with van der Waals surface area (Å²) in [4.78, 5) is 12.4. The van der Waals surface area contributed by atoms with Crippen molar-refractivity contribution in [1.29, 1.82) is 0 Å². The molecule has 0 spiro atoms. The van der Waals surface area contributed by atoms with Crippen LogP contribution in [0.3, 0.4) is 0 Å². The molecule has 0 unspecified atom stereocenters. The fraction of sp³-hybridized carbons (Fsp3) is 0.235. The molecule has 2 aromatic rings. The van der Waals surface area contributed by atoms with Gasteiger partial charge in [-0.15, -0.1) is 0 Å². The van der Waals surface area contributed by atoms with Gasteiger partial charge in [-0.1, -0.05) is 35.9 Å². The Kier molecular flexibility index (Phi) is 3.89. The maximum atomic E-state index is 13.1. The van der Waals surface area contributed by atoms with Gasteiger partial charge in [-0.2, -0.15) is 0 Å². The molecule has 0 radical (unpaired) electrons. The molecule has 2 nitrogen and oxygen atoms in total. The Bertz CT molecular complexity index is 617. The standard InChI is InChI=1S/C17H18FNO/c1-12-7-9-13(10-8-12)17(2,3)16(20)19-15-6-4-5-14(18)11-15/h4-11H,1-3H3,(H,19,20). The Labute approximate surface area is 118 Å². The number of carbonyl (C=O) groups is 1. The molecule has 104 valence electrons. The maximum Gasteiger partial charge on any atom is 0.234 e. The van der Waals surface area contributed by atoms with Crippen molar-refractivity contribution >= 4 is 11.6 Å². The lowest BCUT2D eigenvalue weighted by molar-refractivity contribution is -0.120. The van der Waals surface area contributed by atoms with E-state index in [0.29, 0.717) is 5.69 Å². The minimum Gasteiger partial charge on any atom is -0.325 e. The minimum absolute atomic E-state index is 0.160. The number of anilines is 1. The lowest BCUT2D eigenvalue weighted by Gasteiger charge is -2.24. The monoisotopic (exact) mass is 271 g/mol. The van der Waals surface area contributed by atoms with E-state index in [1.54, 1.807) is 12.1 Å². The Hall–Kier alpha value is -2.16. The highest BCUT2D eigenvalue weighted by atomic mass is 19.1. The van der Waals surface area contributed by atoms with Crippen molar-refractivity contribution in [2.24, 2.45) is 0 Å². The summed E-state index contributed by atoms with van der Waals surface area (Å²) in [7, 11) is 0. The summed E-state index contributed by atoms with van der Waals surface area (Å²) in [5, 5.41) is 2.76. The largest absolute Gasteiger partial charge is 0.325 e. The van der Waals surface area contributed by atoms with E-state index in [2.05, 4.69) is 5.32 Å². The van der Waals surface area contributed by atoms with E-state index >= 15 is 0 Å². The van der Waals surface area contributed by atoms with Crippen LogP contribution in [0.1, 0.15) is 25.0 Å². The highest BCUT2D eigenvalue weighted by molar-refractivity contribution is 5.98. The topological polar surface area (TPSA) is 29.1 Å². The molecule has 3 heteroatoms. The van der Waals surface area contributed by atoms with Crippen molar-refractivity contribution in [2.45, 2.75) is 26.2 Å². The number of carbonyl (C=O) groups excluding carboxylic acids is 1. The van der Waals surface area contributed by atoms with Gasteiger partial charge in [-0.25, -0.2) is 4.39 Å². The lowest BCUT2D eigenvalue weighted by Crippen LogP contribution is -2.34. The molecule has 0 bridgehead atoms. The van der Waals surface area contributed by atoms with E-state index in [0.717, 1.165) is 11.1 Å². The van der Waals surface area contributed by atoms with Crippen LogP contribution in [0.4, 0.5) is 10.1 Å². The molecule has 0 aliphatic heterocycles. The fourth-order valence-corrected chi connectivity index (χ4v) is 1.95. The molecule has 0 saturated heterocycles. The van der Waals surface area contributed by atoms with Crippen LogP contribution in [0.2, 0.25) is 0 Å². The highest BCUT2D eigenvalue weighted by Crippen LogP contribution is 2.25. The summed E-state index contributed by atoms with van der Waals surface area (Å²) in [5.74, 6) is -0.525. The van der Waals surface area contributed by atoms with Crippen LogP contribution in [0.25, 0.3) is 0 Å². The van der Waals surface area contributed by atoms with Gasteiger partial charge in [0, 0.05) is 5.69 Å². The number of nitrogens with one attached hydrogen (secondary N) is 1. The van der Waals surface area contributed by atoms with Gasteiger partial charge in [-0.05, 0) is 44.5 Å². The molecule has 20 heavy (non-hydrogen) atoms. The van der Waals surface area contributed by atoms with Crippen molar-refractivity contribution in [3.8, 4) is 0 Å². The van der Waals surface area contributed by atoms with Gasteiger partial charge in [0.15, 0.2) is 0 Å². The van der Waals surface area contributed by atoms with Crippen LogP contribution in [-0.4, -0.2) is 5.91 Å². The Morgan fingerprint density at radius 3 is 2.35 bits per heavy atom. The van der Waals surface area contributed by atoms with Gasteiger partial charge in [-0.3, -0.25) is 4.79 Å². The van der Waals surface area contributed by atoms with Crippen LogP contribution in [0.15, 0.2) is 48.5 Å². The molecule has 0 aromatic heterocycles. The molecule has 1 N–H and O–H groups in total. The number of benzene rings is 2. The molecule has 0 atom stereocenters. The maximum absolute atomic E-state index is 13.1. The SMILES string of the molecule is Cc1ccc(C(C)(C)C(=O)Nc2cccc(F)c2)cc1. The van der Waals surface area contributed by atoms with E-state index in [1.165, 1.54) is 12.1 Å². The van der Waals surface area contributed by atoms with E-state index in [9.17, 15) is 9.18 Å². The number of amides is 1. The molecule has 0 saturated carbocycles. The molecule has 2 rings (SSSR count). The number of hydrogen-bond acceptors (Lipinski definition) is 1.